The number of rotatable bonds is 8. The molecule has 1 unspecified atom stereocenters. The van der Waals surface area contributed by atoms with Crippen LogP contribution in [0.1, 0.15) is 38.3 Å². The number of nitrogens with one attached hydrogen (secondary N) is 1. The molecule has 3 aromatic carbocycles. The van der Waals surface area contributed by atoms with Crippen LogP contribution in [-0.2, 0) is 6.61 Å². The van der Waals surface area contributed by atoms with Crippen LogP contribution >= 0.6 is 11.6 Å². The Kier molecular flexibility index (Phi) is 7.38. The van der Waals surface area contributed by atoms with Crippen molar-refractivity contribution < 1.29 is 14.3 Å². The number of hydrogen-bond donors (Lipinski definition) is 2. The molecule has 0 bridgehead atoms. The summed E-state index contributed by atoms with van der Waals surface area (Å²) >= 11 is 6.18. The summed E-state index contributed by atoms with van der Waals surface area (Å²) < 4.78 is 5.78. The predicted molar refractivity (Wildman–Crippen MR) is 135 cm³/mol. The fourth-order valence-electron chi connectivity index (χ4n) is 4.24. The molecule has 34 heavy (non-hydrogen) atoms. The van der Waals surface area contributed by atoms with Crippen LogP contribution < -0.4 is 20.7 Å². The fraction of sp³-hybridized carbons (Fsp3) is 0.259. The Labute approximate surface area is 204 Å². The zero-order valence-corrected chi connectivity index (χ0v) is 19.8. The van der Waals surface area contributed by atoms with Crippen LogP contribution in [0.5, 0.6) is 5.75 Å². The number of nitrogens with zero attached hydrogens (tertiary/aromatic N) is 1. The van der Waals surface area contributed by atoms with Gasteiger partial charge in [-0.05, 0) is 66.8 Å². The van der Waals surface area contributed by atoms with Crippen LogP contribution in [0.15, 0.2) is 66.7 Å². The maximum absolute atomic E-state index is 12.8. The SMILES string of the molecule is Cc1ccc(Cl)cc1N1CCC(CNC(=O)c2cccc(COc3ccccc3C(N)=O)c2)C1. The average molecular weight is 478 g/mol. The lowest BCUT2D eigenvalue weighted by Gasteiger charge is -2.21. The van der Waals surface area contributed by atoms with Crippen molar-refractivity contribution in [3.63, 3.8) is 0 Å². The van der Waals surface area contributed by atoms with Crippen LogP contribution in [0.25, 0.3) is 0 Å². The van der Waals surface area contributed by atoms with Crippen molar-refractivity contribution in [2.45, 2.75) is 20.0 Å². The van der Waals surface area contributed by atoms with E-state index in [1.54, 1.807) is 36.4 Å². The van der Waals surface area contributed by atoms with Gasteiger partial charge in [-0.25, -0.2) is 0 Å². The summed E-state index contributed by atoms with van der Waals surface area (Å²) in [5.41, 5.74) is 9.50. The number of primary amides is 1. The van der Waals surface area contributed by atoms with Crippen molar-refractivity contribution >= 4 is 29.1 Å². The van der Waals surface area contributed by atoms with E-state index in [4.69, 9.17) is 22.1 Å². The van der Waals surface area contributed by atoms with Gasteiger partial charge in [0.15, 0.2) is 0 Å². The van der Waals surface area contributed by atoms with Gasteiger partial charge in [0, 0.05) is 35.9 Å². The lowest BCUT2D eigenvalue weighted by atomic mass is 10.1. The third kappa shape index (κ3) is 5.69. The Balaban J connectivity index is 1.32. The molecule has 1 atom stereocenters. The largest absolute Gasteiger partial charge is 0.488 e. The number of carbonyl (C=O) groups is 2. The maximum atomic E-state index is 12.8. The zero-order valence-electron chi connectivity index (χ0n) is 19.1. The average Bonchev–Trinajstić information content (AvgIpc) is 3.32. The zero-order chi connectivity index (χ0) is 24.1. The first-order valence-electron chi connectivity index (χ1n) is 11.3. The molecule has 176 valence electrons. The van der Waals surface area contributed by atoms with Crippen LogP contribution in [-0.4, -0.2) is 31.4 Å². The van der Waals surface area contributed by atoms with E-state index in [0.717, 1.165) is 35.8 Å². The number of benzene rings is 3. The van der Waals surface area contributed by atoms with Gasteiger partial charge < -0.3 is 20.7 Å². The number of amides is 2. The van der Waals surface area contributed by atoms with Crippen molar-refractivity contribution in [1.29, 1.82) is 0 Å². The molecule has 1 saturated heterocycles. The monoisotopic (exact) mass is 477 g/mol. The molecule has 1 heterocycles. The first kappa shape index (κ1) is 23.6. The summed E-state index contributed by atoms with van der Waals surface area (Å²) in [4.78, 5) is 26.7. The number of nitrogens with two attached hydrogens (primary N) is 1. The Morgan fingerprint density at radius 3 is 2.76 bits per heavy atom. The van der Waals surface area contributed by atoms with Crippen LogP contribution in [0.3, 0.4) is 0 Å². The molecule has 6 nitrogen and oxygen atoms in total. The van der Waals surface area contributed by atoms with Gasteiger partial charge in [0.2, 0.25) is 0 Å². The fourth-order valence-corrected chi connectivity index (χ4v) is 4.41. The van der Waals surface area contributed by atoms with E-state index in [9.17, 15) is 9.59 Å². The Bertz CT molecular complexity index is 1200. The quantitative estimate of drug-likeness (QED) is 0.497. The molecule has 0 saturated carbocycles. The van der Waals surface area contributed by atoms with E-state index in [1.165, 1.54) is 5.56 Å². The number of para-hydroxylation sites is 1. The number of anilines is 1. The smallest absolute Gasteiger partial charge is 0.252 e. The van der Waals surface area contributed by atoms with Crippen LogP contribution in [0, 0.1) is 12.8 Å². The number of ether oxygens (including phenoxy) is 1. The van der Waals surface area contributed by atoms with Crippen molar-refractivity contribution in [1.82, 2.24) is 5.32 Å². The summed E-state index contributed by atoms with van der Waals surface area (Å²) in [6.45, 7) is 4.75. The minimum Gasteiger partial charge on any atom is -0.488 e. The van der Waals surface area contributed by atoms with Gasteiger partial charge >= 0.3 is 0 Å². The number of carbonyl (C=O) groups excluding carboxylic acids is 2. The molecule has 1 fully saturated rings. The summed E-state index contributed by atoms with van der Waals surface area (Å²) in [7, 11) is 0. The molecule has 3 N–H and O–H groups in total. The van der Waals surface area contributed by atoms with E-state index < -0.39 is 5.91 Å². The molecule has 1 aliphatic rings. The molecule has 2 amide bonds. The van der Waals surface area contributed by atoms with E-state index in [1.807, 2.05) is 30.3 Å². The number of aryl methyl sites for hydroxylation is 1. The first-order chi connectivity index (χ1) is 16.4. The molecular formula is C27H28ClN3O3. The topological polar surface area (TPSA) is 84.7 Å². The highest BCUT2D eigenvalue weighted by atomic mass is 35.5. The Morgan fingerprint density at radius 1 is 1.12 bits per heavy atom. The highest BCUT2D eigenvalue weighted by Crippen LogP contribution is 2.29. The van der Waals surface area contributed by atoms with Gasteiger partial charge in [-0.2, -0.15) is 0 Å². The molecule has 0 radical (unpaired) electrons. The molecule has 3 aromatic rings. The van der Waals surface area contributed by atoms with Gasteiger partial charge in [-0.1, -0.05) is 41.9 Å². The normalized spacial score (nSPS) is 15.2. The van der Waals surface area contributed by atoms with Crippen molar-refractivity contribution in [2.24, 2.45) is 11.7 Å². The lowest BCUT2D eigenvalue weighted by molar-refractivity contribution is 0.0947. The second-order valence-electron chi connectivity index (χ2n) is 8.59. The van der Waals surface area contributed by atoms with Gasteiger partial charge in [-0.3, -0.25) is 9.59 Å². The van der Waals surface area contributed by atoms with Gasteiger partial charge in [-0.15, -0.1) is 0 Å². The minimum atomic E-state index is -0.542. The highest BCUT2D eigenvalue weighted by Gasteiger charge is 2.24. The van der Waals surface area contributed by atoms with E-state index in [2.05, 4.69) is 17.1 Å². The summed E-state index contributed by atoms with van der Waals surface area (Å²) in [6.07, 6.45) is 1.01. The second-order valence-corrected chi connectivity index (χ2v) is 9.03. The van der Waals surface area contributed by atoms with Gasteiger partial charge in [0.1, 0.15) is 12.4 Å². The number of halogens is 1. The van der Waals surface area contributed by atoms with Crippen molar-refractivity contribution in [2.75, 3.05) is 24.5 Å². The molecule has 0 aromatic heterocycles. The second kappa shape index (κ2) is 10.6. The molecular weight excluding hydrogens is 450 g/mol. The van der Waals surface area contributed by atoms with Crippen LogP contribution in [0.2, 0.25) is 5.02 Å². The molecule has 7 heteroatoms. The number of hydrogen-bond acceptors (Lipinski definition) is 4. The molecule has 0 aliphatic carbocycles. The Morgan fingerprint density at radius 2 is 1.94 bits per heavy atom. The third-order valence-corrected chi connectivity index (χ3v) is 6.32. The van der Waals surface area contributed by atoms with Crippen molar-refractivity contribution in [3.05, 3.63) is 94.0 Å². The first-order valence-corrected chi connectivity index (χ1v) is 11.7. The van der Waals surface area contributed by atoms with E-state index in [0.29, 0.717) is 29.3 Å². The van der Waals surface area contributed by atoms with Gasteiger partial charge in [0.25, 0.3) is 11.8 Å². The summed E-state index contributed by atoms with van der Waals surface area (Å²) in [5, 5.41) is 3.81. The third-order valence-electron chi connectivity index (χ3n) is 6.09. The standard InChI is InChI=1S/C27H28ClN3O3/c1-18-9-10-22(28)14-24(18)31-12-11-20(16-31)15-30-27(33)21-6-4-5-19(13-21)17-34-25-8-3-2-7-23(25)26(29)32/h2-10,13-14,20H,11-12,15-17H2,1H3,(H2,29,32)(H,30,33). The summed E-state index contributed by atoms with van der Waals surface area (Å²) in [6, 6.07) is 20.1. The molecule has 4 rings (SSSR count). The van der Waals surface area contributed by atoms with E-state index >= 15 is 0 Å². The molecule has 0 spiro atoms. The summed E-state index contributed by atoms with van der Waals surface area (Å²) in [5.74, 6) is 0.140. The van der Waals surface area contributed by atoms with Crippen LogP contribution in [0.4, 0.5) is 5.69 Å². The van der Waals surface area contributed by atoms with Crippen molar-refractivity contribution in [3.8, 4) is 5.75 Å². The predicted octanol–water partition coefficient (Wildman–Crippen LogP) is 4.58. The highest BCUT2D eigenvalue weighted by molar-refractivity contribution is 6.30. The maximum Gasteiger partial charge on any atom is 0.252 e. The lowest BCUT2D eigenvalue weighted by Crippen LogP contribution is -2.31. The molecule has 1 aliphatic heterocycles. The minimum absolute atomic E-state index is 0.114. The van der Waals surface area contributed by atoms with Gasteiger partial charge in [0.05, 0.1) is 5.56 Å². The Hall–Kier alpha value is -3.51. The van der Waals surface area contributed by atoms with E-state index in [-0.39, 0.29) is 12.5 Å².